The number of halogens is 1. The molecule has 0 spiro atoms. The zero-order valence-corrected chi connectivity index (χ0v) is 15.6. The minimum absolute atomic E-state index is 0.233. The SMILES string of the molecule is COc1ccc(OC)c(Nc2ccc(NC(=O)c3ccc(Cl)cc3)cn2)c1. The quantitative estimate of drug-likeness (QED) is 0.642. The van der Waals surface area contributed by atoms with Crippen LogP contribution in [-0.4, -0.2) is 25.1 Å². The van der Waals surface area contributed by atoms with E-state index in [1.165, 1.54) is 0 Å². The van der Waals surface area contributed by atoms with Gasteiger partial charge in [0.25, 0.3) is 5.91 Å². The first-order chi connectivity index (χ1) is 13.1. The van der Waals surface area contributed by atoms with Crippen LogP contribution in [0.25, 0.3) is 0 Å². The third kappa shape index (κ3) is 4.68. The summed E-state index contributed by atoms with van der Waals surface area (Å²) in [6, 6.07) is 15.6. The number of pyridine rings is 1. The van der Waals surface area contributed by atoms with Crippen molar-refractivity contribution < 1.29 is 14.3 Å². The fourth-order valence-corrected chi connectivity index (χ4v) is 2.52. The molecule has 0 saturated carbocycles. The molecule has 0 saturated heterocycles. The number of hydrogen-bond donors (Lipinski definition) is 2. The van der Waals surface area contributed by atoms with Crippen LogP contribution < -0.4 is 20.1 Å². The van der Waals surface area contributed by atoms with Gasteiger partial charge in [-0.2, -0.15) is 0 Å². The van der Waals surface area contributed by atoms with Crippen LogP contribution in [0.5, 0.6) is 11.5 Å². The Balaban J connectivity index is 1.70. The molecule has 27 heavy (non-hydrogen) atoms. The van der Waals surface area contributed by atoms with Crippen molar-refractivity contribution in [1.82, 2.24) is 4.98 Å². The maximum Gasteiger partial charge on any atom is 0.255 e. The fraction of sp³-hybridized carbons (Fsp3) is 0.100. The molecule has 0 bridgehead atoms. The number of carbonyl (C=O) groups is 1. The Labute approximate surface area is 162 Å². The zero-order chi connectivity index (χ0) is 19.2. The summed E-state index contributed by atoms with van der Waals surface area (Å²) in [4.78, 5) is 16.5. The summed E-state index contributed by atoms with van der Waals surface area (Å²) in [7, 11) is 3.19. The van der Waals surface area contributed by atoms with E-state index in [0.717, 1.165) is 5.69 Å². The molecule has 0 aliphatic heterocycles. The van der Waals surface area contributed by atoms with Crippen molar-refractivity contribution in [3.05, 3.63) is 71.4 Å². The summed E-state index contributed by atoms with van der Waals surface area (Å²) < 4.78 is 10.6. The summed E-state index contributed by atoms with van der Waals surface area (Å²) >= 11 is 5.84. The van der Waals surface area contributed by atoms with Crippen LogP contribution in [0.4, 0.5) is 17.2 Å². The molecule has 0 atom stereocenters. The highest BCUT2D eigenvalue weighted by Crippen LogP contribution is 2.31. The van der Waals surface area contributed by atoms with E-state index in [-0.39, 0.29) is 5.91 Å². The van der Waals surface area contributed by atoms with E-state index in [9.17, 15) is 4.79 Å². The highest BCUT2D eigenvalue weighted by atomic mass is 35.5. The highest BCUT2D eigenvalue weighted by Gasteiger charge is 2.08. The molecule has 0 radical (unpaired) electrons. The van der Waals surface area contributed by atoms with Crippen molar-refractivity contribution in [3.8, 4) is 11.5 Å². The molecular formula is C20H18ClN3O3. The first-order valence-electron chi connectivity index (χ1n) is 8.11. The van der Waals surface area contributed by atoms with Crippen molar-refractivity contribution in [3.63, 3.8) is 0 Å². The number of rotatable bonds is 6. The second-order valence-corrected chi connectivity index (χ2v) is 6.02. The van der Waals surface area contributed by atoms with Crippen molar-refractivity contribution >= 4 is 34.7 Å². The van der Waals surface area contributed by atoms with Crippen LogP contribution in [0, 0.1) is 0 Å². The number of nitrogens with one attached hydrogen (secondary N) is 2. The van der Waals surface area contributed by atoms with Gasteiger partial charge in [-0.15, -0.1) is 0 Å². The molecule has 2 aromatic carbocycles. The summed E-state index contributed by atoms with van der Waals surface area (Å²) in [5.74, 6) is 1.73. The summed E-state index contributed by atoms with van der Waals surface area (Å²) in [6.07, 6.45) is 1.57. The van der Waals surface area contributed by atoms with Gasteiger partial charge in [0.05, 0.1) is 31.8 Å². The maximum absolute atomic E-state index is 12.2. The molecule has 0 fully saturated rings. The zero-order valence-electron chi connectivity index (χ0n) is 14.8. The Morgan fingerprint density at radius 2 is 1.78 bits per heavy atom. The minimum Gasteiger partial charge on any atom is -0.497 e. The molecule has 1 amide bonds. The minimum atomic E-state index is -0.233. The molecular weight excluding hydrogens is 366 g/mol. The van der Waals surface area contributed by atoms with Gasteiger partial charge in [0.2, 0.25) is 0 Å². The fourth-order valence-electron chi connectivity index (χ4n) is 2.40. The Morgan fingerprint density at radius 3 is 2.41 bits per heavy atom. The van der Waals surface area contributed by atoms with Crippen molar-refractivity contribution in [2.75, 3.05) is 24.9 Å². The average molecular weight is 384 g/mol. The van der Waals surface area contributed by atoms with Crippen molar-refractivity contribution in [2.24, 2.45) is 0 Å². The van der Waals surface area contributed by atoms with Gasteiger partial charge in [0.1, 0.15) is 17.3 Å². The van der Waals surface area contributed by atoms with E-state index in [0.29, 0.717) is 33.6 Å². The van der Waals surface area contributed by atoms with Crippen LogP contribution in [0.3, 0.4) is 0 Å². The second-order valence-electron chi connectivity index (χ2n) is 5.58. The lowest BCUT2D eigenvalue weighted by atomic mass is 10.2. The van der Waals surface area contributed by atoms with Gasteiger partial charge in [-0.1, -0.05) is 11.6 Å². The van der Waals surface area contributed by atoms with Crippen molar-refractivity contribution in [2.45, 2.75) is 0 Å². The summed E-state index contributed by atoms with van der Waals surface area (Å²) in [6.45, 7) is 0. The van der Waals surface area contributed by atoms with Crippen LogP contribution in [0.1, 0.15) is 10.4 Å². The topological polar surface area (TPSA) is 72.5 Å². The van der Waals surface area contributed by atoms with Crippen LogP contribution in [0.15, 0.2) is 60.8 Å². The molecule has 3 rings (SSSR count). The Hall–Kier alpha value is -3.25. The van der Waals surface area contributed by atoms with Gasteiger partial charge >= 0.3 is 0 Å². The first-order valence-corrected chi connectivity index (χ1v) is 8.49. The molecule has 0 unspecified atom stereocenters. The van der Waals surface area contributed by atoms with Crippen LogP contribution >= 0.6 is 11.6 Å². The largest absolute Gasteiger partial charge is 0.497 e. The highest BCUT2D eigenvalue weighted by molar-refractivity contribution is 6.30. The molecule has 138 valence electrons. The van der Waals surface area contributed by atoms with E-state index < -0.39 is 0 Å². The molecule has 1 aromatic heterocycles. The molecule has 1 heterocycles. The van der Waals surface area contributed by atoms with E-state index in [1.807, 2.05) is 18.2 Å². The van der Waals surface area contributed by atoms with Gasteiger partial charge in [0.15, 0.2) is 0 Å². The monoisotopic (exact) mass is 383 g/mol. The lowest BCUT2D eigenvalue weighted by Crippen LogP contribution is -2.11. The maximum atomic E-state index is 12.2. The molecule has 7 heteroatoms. The van der Waals surface area contributed by atoms with E-state index in [2.05, 4.69) is 15.6 Å². The molecule has 3 aromatic rings. The predicted molar refractivity (Wildman–Crippen MR) is 106 cm³/mol. The lowest BCUT2D eigenvalue weighted by Gasteiger charge is -2.12. The Bertz CT molecular complexity index is 928. The molecule has 2 N–H and O–H groups in total. The smallest absolute Gasteiger partial charge is 0.255 e. The van der Waals surface area contributed by atoms with E-state index >= 15 is 0 Å². The number of aromatic nitrogens is 1. The Kier molecular flexibility index (Phi) is 5.78. The standard InChI is InChI=1S/C20H18ClN3O3/c1-26-16-8-9-18(27-2)17(11-16)24-19-10-7-15(12-22-19)23-20(25)13-3-5-14(21)6-4-13/h3-12H,1-2H3,(H,22,24)(H,23,25). The number of ether oxygens (including phenoxy) is 2. The third-order valence-corrected chi connectivity index (χ3v) is 4.05. The molecule has 6 nitrogen and oxygen atoms in total. The van der Waals surface area contributed by atoms with Gasteiger partial charge in [0, 0.05) is 16.7 Å². The summed E-state index contributed by atoms with van der Waals surface area (Å²) in [5.41, 5.74) is 1.82. The second kappa shape index (κ2) is 8.42. The number of carbonyl (C=O) groups excluding carboxylic acids is 1. The lowest BCUT2D eigenvalue weighted by molar-refractivity contribution is 0.102. The number of hydrogen-bond acceptors (Lipinski definition) is 5. The van der Waals surface area contributed by atoms with E-state index in [1.54, 1.807) is 56.8 Å². The molecule has 0 aliphatic carbocycles. The normalized spacial score (nSPS) is 10.2. The number of amides is 1. The van der Waals surface area contributed by atoms with Crippen molar-refractivity contribution in [1.29, 1.82) is 0 Å². The third-order valence-electron chi connectivity index (χ3n) is 3.80. The predicted octanol–water partition coefficient (Wildman–Crippen LogP) is 4.75. The number of nitrogens with zero attached hydrogens (tertiary/aromatic N) is 1. The van der Waals surface area contributed by atoms with E-state index in [4.69, 9.17) is 21.1 Å². The van der Waals surface area contributed by atoms with Gasteiger partial charge in [-0.25, -0.2) is 4.98 Å². The number of benzene rings is 2. The average Bonchev–Trinajstić information content (AvgIpc) is 2.70. The van der Waals surface area contributed by atoms with Gasteiger partial charge < -0.3 is 20.1 Å². The van der Waals surface area contributed by atoms with Gasteiger partial charge in [-0.05, 0) is 48.5 Å². The van der Waals surface area contributed by atoms with Gasteiger partial charge in [-0.3, -0.25) is 4.79 Å². The number of anilines is 3. The first kappa shape index (κ1) is 18.5. The Morgan fingerprint density at radius 1 is 1.00 bits per heavy atom. The number of methoxy groups -OCH3 is 2. The van der Waals surface area contributed by atoms with Crippen LogP contribution in [0.2, 0.25) is 5.02 Å². The van der Waals surface area contributed by atoms with Crippen LogP contribution in [-0.2, 0) is 0 Å². The molecule has 0 aliphatic rings. The summed E-state index contributed by atoms with van der Waals surface area (Å²) in [5, 5.41) is 6.55.